The van der Waals surface area contributed by atoms with Crippen LogP contribution in [0.15, 0.2) is 18.2 Å². The smallest absolute Gasteiger partial charge is 0.124 e. The average Bonchev–Trinajstić information content (AvgIpc) is 2.02. The van der Waals surface area contributed by atoms with Crippen LogP contribution in [0.2, 0.25) is 0 Å². The first-order chi connectivity index (χ1) is 6.37. The second kappa shape index (κ2) is 3.50. The molecule has 0 radical (unpaired) electrons. The highest BCUT2D eigenvalue weighted by molar-refractivity contribution is 5.47. The molecule has 1 aromatic rings. The molecule has 0 aliphatic rings. The first-order valence-electron chi connectivity index (χ1n) is 4.67. The van der Waals surface area contributed by atoms with Crippen molar-refractivity contribution < 1.29 is 10.2 Å². The fourth-order valence-corrected chi connectivity index (χ4v) is 1.37. The second-order valence-corrected chi connectivity index (χ2v) is 4.11. The maximum absolute atomic E-state index is 9.64. The van der Waals surface area contributed by atoms with Crippen molar-refractivity contribution >= 4 is 0 Å². The van der Waals surface area contributed by atoms with Crippen molar-refractivity contribution in [3.63, 3.8) is 0 Å². The molecule has 3 nitrogen and oxygen atoms in total. The molecule has 4 N–H and O–H groups in total. The number of nitrogens with two attached hydrogens (primary N) is 1. The molecule has 0 fully saturated rings. The Morgan fingerprint density at radius 1 is 1.21 bits per heavy atom. The number of rotatable bonds is 2. The number of phenols is 2. The van der Waals surface area contributed by atoms with Crippen molar-refractivity contribution in [3.05, 3.63) is 23.8 Å². The van der Waals surface area contributed by atoms with Gasteiger partial charge >= 0.3 is 0 Å². The van der Waals surface area contributed by atoms with Gasteiger partial charge in [-0.2, -0.15) is 0 Å². The molecule has 1 rings (SSSR count). The van der Waals surface area contributed by atoms with Crippen LogP contribution in [0, 0.1) is 5.92 Å². The summed E-state index contributed by atoms with van der Waals surface area (Å²) in [5.74, 6) is 0.217. The lowest BCUT2D eigenvalue weighted by Crippen LogP contribution is -2.38. The van der Waals surface area contributed by atoms with Crippen LogP contribution in [0.4, 0.5) is 0 Å². The van der Waals surface area contributed by atoms with Gasteiger partial charge in [0.2, 0.25) is 0 Å². The second-order valence-electron chi connectivity index (χ2n) is 4.11. The fraction of sp³-hybridized carbons (Fsp3) is 0.455. The van der Waals surface area contributed by atoms with Crippen molar-refractivity contribution in [2.45, 2.75) is 26.3 Å². The predicted molar refractivity (Wildman–Crippen MR) is 56.1 cm³/mol. The lowest BCUT2D eigenvalue weighted by Gasteiger charge is -2.30. The van der Waals surface area contributed by atoms with Gasteiger partial charge in [-0.1, -0.05) is 19.9 Å². The zero-order valence-corrected chi connectivity index (χ0v) is 8.78. The van der Waals surface area contributed by atoms with Crippen LogP contribution >= 0.6 is 0 Å². The number of benzene rings is 1. The molecule has 1 atom stereocenters. The highest BCUT2D eigenvalue weighted by Crippen LogP contribution is 2.38. The van der Waals surface area contributed by atoms with E-state index in [2.05, 4.69) is 0 Å². The molecule has 0 heterocycles. The summed E-state index contributed by atoms with van der Waals surface area (Å²) in [5, 5.41) is 19.3. The summed E-state index contributed by atoms with van der Waals surface area (Å²) >= 11 is 0. The van der Waals surface area contributed by atoms with E-state index in [1.807, 2.05) is 13.8 Å². The summed E-state index contributed by atoms with van der Waals surface area (Å²) in [7, 11) is 0. The standard InChI is InChI=1S/C11H17NO2/c1-7(2)11(3,12)10-8(13)5-4-6-9(10)14/h4-7,13-14H,12H2,1-3H3/t11-/m1/s1. The monoisotopic (exact) mass is 195 g/mol. The fourth-order valence-electron chi connectivity index (χ4n) is 1.37. The Morgan fingerprint density at radius 3 is 2.00 bits per heavy atom. The predicted octanol–water partition coefficient (Wildman–Crippen LogP) is 1.93. The minimum absolute atomic E-state index is 0.0451. The summed E-state index contributed by atoms with van der Waals surface area (Å²) in [6.45, 7) is 5.70. The molecule has 0 saturated carbocycles. The Kier molecular flexibility index (Phi) is 2.71. The van der Waals surface area contributed by atoms with Crippen LogP contribution in [0.25, 0.3) is 0 Å². The van der Waals surface area contributed by atoms with Gasteiger partial charge in [0, 0.05) is 5.54 Å². The molecule has 0 aliphatic heterocycles. The summed E-state index contributed by atoms with van der Waals surface area (Å²) < 4.78 is 0. The van der Waals surface area contributed by atoms with Crippen molar-refractivity contribution in [1.29, 1.82) is 0 Å². The summed E-state index contributed by atoms with van der Waals surface area (Å²) in [5.41, 5.74) is 5.75. The van der Waals surface area contributed by atoms with Gasteiger partial charge in [0.05, 0.1) is 5.56 Å². The number of aromatic hydroxyl groups is 2. The van der Waals surface area contributed by atoms with E-state index in [0.717, 1.165) is 0 Å². The Bertz CT molecular complexity index is 312. The number of hydrogen-bond donors (Lipinski definition) is 3. The van der Waals surface area contributed by atoms with Gasteiger partial charge in [0.25, 0.3) is 0 Å². The minimum Gasteiger partial charge on any atom is -0.507 e. The van der Waals surface area contributed by atoms with E-state index < -0.39 is 5.54 Å². The van der Waals surface area contributed by atoms with Crippen molar-refractivity contribution in [2.24, 2.45) is 11.7 Å². The molecule has 0 aliphatic carbocycles. The first kappa shape index (κ1) is 10.9. The van der Waals surface area contributed by atoms with E-state index in [9.17, 15) is 10.2 Å². The highest BCUT2D eigenvalue weighted by Gasteiger charge is 2.30. The maximum atomic E-state index is 9.64. The van der Waals surface area contributed by atoms with Gasteiger partial charge in [-0.15, -0.1) is 0 Å². The van der Waals surface area contributed by atoms with E-state index in [0.29, 0.717) is 5.56 Å². The first-order valence-corrected chi connectivity index (χ1v) is 4.67. The van der Waals surface area contributed by atoms with E-state index in [1.165, 1.54) is 12.1 Å². The van der Waals surface area contributed by atoms with Crippen molar-refractivity contribution in [2.75, 3.05) is 0 Å². The molecule has 0 bridgehead atoms. The van der Waals surface area contributed by atoms with Crippen LogP contribution in [-0.4, -0.2) is 10.2 Å². The van der Waals surface area contributed by atoms with Gasteiger partial charge in [-0.25, -0.2) is 0 Å². The van der Waals surface area contributed by atoms with Gasteiger partial charge < -0.3 is 15.9 Å². The van der Waals surface area contributed by atoms with Crippen LogP contribution in [0.3, 0.4) is 0 Å². The van der Waals surface area contributed by atoms with Gasteiger partial charge in [0.1, 0.15) is 11.5 Å². The van der Waals surface area contributed by atoms with E-state index in [-0.39, 0.29) is 17.4 Å². The molecule has 0 aromatic heterocycles. The van der Waals surface area contributed by atoms with E-state index in [1.54, 1.807) is 13.0 Å². The Hall–Kier alpha value is -1.22. The van der Waals surface area contributed by atoms with Gasteiger partial charge in [0.15, 0.2) is 0 Å². The van der Waals surface area contributed by atoms with Crippen LogP contribution in [-0.2, 0) is 5.54 Å². The largest absolute Gasteiger partial charge is 0.507 e. The lowest BCUT2D eigenvalue weighted by molar-refractivity contribution is 0.317. The molecule has 0 amide bonds. The molecule has 0 spiro atoms. The van der Waals surface area contributed by atoms with Gasteiger partial charge in [-0.3, -0.25) is 0 Å². The van der Waals surface area contributed by atoms with Crippen molar-refractivity contribution in [3.8, 4) is 11.5 Å². The zero-order chi connectivity index (χ0) is 10.9. The third-order valence-corrected chi connectivity index (χ3v) is 2.76. The molecule has 78 valence electrons. The van der Waals surface area contributed by atoms with E-state index >= 15 is 0 Å². The quantitative estimate of drug-likeness (QED) is 0.675. The van der Waals surface area contributed by atoms with Crippen LogP contribution in [0.1, 0.15) is 26.3 Å². The summed E-state index contributed by atoms with van der Waals surface area (Å²) in [6.07, 6.45) is 0. The molecule has 1 aromatic carbocycles. The molecule has 14 heavy (non-hydrogen) atoms. The molecular weight excluding hydrogens is 178 g/mol. The Morgan fingerprint density at radius 2 is 1.64 bits per heavy atom. The normalized spacial score (nSPS) is 15.5. The van der Waals surface area contributed by atoms with Crippen LogP contribution < -0.4 is 5.73 Å². The molecule has 0 unspecified atom stereocenters. The zero-order valence-electron chi connectivity index (χ0n) is 8.78. The summed E-state index contributed by atoms with van der Waals surface area (Å²) in [4.78, 5) is 0. The molecule has 0 saturated heterocycles. The van der Waals surface area contributed by atoms with Crippen LogP contribution in [0.5, 0.6) is 11.5 Å². The Balaban J connectivity index is 3.31. The SMILES string of the molecule is CC(C)[C@@](C)(N)c1c(O)cccc1O. The molecule has 3 heteroatoms. The summed E-state index contributed by atoms with van der Waals surface area (Å²) in [6, 6.07) is 4.65. The highest BCUT2D eigenvalue weighted by atomic mass is 16.3. The third-order valence-electron chi connectivity index (χ3n) is 2.76. The lowest BCUT2D eigenvalue weighted by atomic mass is 9.81. The number of phenolic OH excluding ortho intramolecular Hbond substituents is 2. The van der Waals surface area contributed by atoms with E-state index in [4.69, 9.17) is 5.73 Å². The third kappa shape index (κ3) is 1.68. The molecular formula is C11H17NO2. The maximum Gasteiger partial charge on any atom is 0.124 e. The Labute approximate surface area is 84.2 Å². The average molecular weight is 195 g/mol. The minimum atomic E-state index is -0.727. The topological polar surface area (TPSA) is 66.5 Å². The number of hydrogen-bond acceptors (Lipinski definition) is 3. The van der Waals surface area contributed by atoms with Crippen molar-refractivity contribution in [1.82, 2.24) is 0 Å². The van der Waals surface area contributed by atoms with Gasteiger partial charge in [-0.05, 0) is 25.0 Å².